The van der Waals surface area contributed by atoms with Gasteiger partial charge in [-0.25, -0.2) is 0 Å². The van der Waals surface area contributed by atoms with Crippen LogP contribution in [0.4, 0.5) is 0 Å². The van der Waals surface area contributed by atoms with E-state index in [0.29, 0.717) is 6.54 Å². The molecule has 0 aliphatic heterocycles. The molecule has 56 valence electrons. The van der Waals surface area contributed by atoms with Crippen molar-refractivity contribution in [2.24, 2.45) is 4.99 Å². The molecular formula is C7H11NO2. The van der Waals surface area contributed by atoms with Crippen LogP contribution in [0.5, 0.6) is 0 Å². The lowest BCUT2D eigenvalue weighted by atomic mass is 10.5. The van der Waals surface area contributed by atoms with Gasteiger partial charge in [0, 0.05) is 7.11 Å². The Morgan fingerprint density at radius 1 is 1.70 bits per heavy atom. The largest absolute Gasteiger partial charge is 0.467 e. The molecule has 1 N–H and O–H groups in total. The first-order chi connectivity index (χ1) is 4.93. The Kier molecular flexibility index (Phi) is 5.38. The first-order valence-corrected chi connectivity index (χ1v) is 2.83. The quantitative estimate of drug-likeness (QED) is 0.626. The SMILES string of the molecule is C=NCc1ccco1.CO. The fourth-order valence-electron chi connectivity index (χ4n) is 0.513. The highest BCUT2D eigenvalue weighted by atomic mass is 16.3. The van der Waals surface area contributed by atoms with Crippen LogP contribution in [0.2, 0.25) is 0 Å². The Labute approximate surface area is 60.0 Å². The first kappa shape index (κ1) is 8.91. The number of rotatable bonds is 2. The highest BCUT2D eigenvalue weighted by Crippen LogP contribution is 1.99. The highest BCUT2D eigenvalue weighted by molar-refractivity contribution is 5.23. The molecule has 0 aromatic carbocycles. The minimum Gasteiger partial charge on any atom is -0.467 e. The molecule has 0 aliphatic carbocycles. The fourth-order valence-corrected chi connectivity index (χ4v) is 0.513. The lowest BCUT2D eigenvalue weighted by Crippen LogP contribution is -1.70. The van der Waals surface area contributed by atoms with E-state index in [1.165, 1.54) is 0 Å². The number of furan rings is 1. The first-order valence-electron chi connectivity index (χ1n) is 2.83. The summed E-state index contributed by atoms with van der Waals surface area (Å²) in [5.41, 5.74) is 0. The normalized spacial score (nSPS) is 7.80. The van der Waals surface area contributed by atoms with Crippen molar-refractivity contribution >= 4 is 6.72 Å². The summed E-state index contributed by atoms with van der Waals surface area (Å²) in [6.45, 7) is 3.90. The van der Waals surface area contributed by atoms with Gasteiger partial charge in [0.1, 0.15) is 5.76 Å². The van der Waals surface area contributed by atoms with Crippen LogP contribution in [0.1, 0.15) is 5.76 Å². The van der Waals surface area contributed by atoms with E-state index in [1.807, 2.05) is 12.1 Å². The van der Waals surface area contributed by atoms with E-state index < -0.39 is 0 Å². The van der Waals surface area contributed by atoms with Crippen molar-refractivity contribution < 1.29 is 9.52 Å². The fraction of sp³-hybridized carbons (Fsp3) is 0.286. The van der Waals surface area contributed by atoms with Crippen LogP contribution in [0.3, 0.4) is 0 Å². The summed E-state index contributed by atoms with van der Waals surface area (Å²) in [5.74, 6) is 0.861. The monoisotopic (exact) mass is 141 g/mol. The summed E-state index contributed by atoms with van der Waals surface area (Å²) >= 11 is 0. The van der Waals surface area contributed by atoms with Gasteiger partial charge in [-0.05, 0) is 18.9 Å². The van der Waals surface area contributed by atoms with Crippen molar-refractivity contribution in [1.82, 2.24) is 0 Å². The van der Waals surface area contributed by atoms with Gasteiger partial charge < -0.3 is 9.52 Å². The number of hydrogen-bond donors (Lipinski definition) is 1. The predicted octanol–water partition coefficient (Wildman–Crippen LogP) is 1.09. The summed E-state index contributed by atoms with van der Waals surface area (Å²) in [6, 6.07) is 3.70. The molecule has 3 nitrogen and oxygen atoms in total. The van der Waals surface area contributed by atoms with Crippen molar-refractivity contribution in [3.63, 3.8) is 0 Å². The second-order valence-corrected chi connectivity index (χ2v) is 1.46. The van der Waals surface area contributed by atoms with E-state index in [9.17, 15) is 0 Å². The van der Waals surface area contributed by atoms with Gasteiger partial charge in [0.05, 0.1) is 12.8 Å². The van der Waals surface area contributed by atoms with Crippen molar-refractivity contribution in [2.75, 3.05) is 7.11 Å². The smallest absolute Gasteiger partial charge is 0.125 e. The van der Waals surface area contributed by atoms with Gasteiger partial charge >= 0.3 is 0 Å². The van der Waals surface area contributed by atoms with Crippen LogP contribution in [0.25, 0.3) is 0 Å². The van der Waals surface area contributed by atoms with E-state index in [0.717, 1.165) is 12.9 Å². The maximum atomic E-state index is 7.00. The van der Waals surface area contributed by atoms with Gasteiger partial charge in [0.2, 0.25) is 0 Å². The van der Waals surface area contributed by atoms with Crippen molar-refractivity contribution in [2.45, 2.75) is 6.54 Å². The second-order valence-electron chi connectivity index (χ2n) is 1.46. The Balaban J connectivity index is 0.000000371. The Morgan fingerprint density at radius 3 is 2.80 bits per heavy atom. The van der Waals surface area contributed by atoms with Gasteiger partial charge in [-0.3, -0.25) is 4.99 Å². The molecule has 1 heterocycles. The average molecular weight is 141 g/mol. The lowest BCUT2D eigenvalue weighted by Gasteiger charge is -1.82. The highest BCUT2D eigenvalue weighted by Gasteiger charge is 1.87. The maximum absolute atomic E-state index is 7.00. The topological polar surface area (TPSA) is 45.7 Å². The molecule has 3 heteroatoms. The molecule has 0 radical (unpaired) electrons. The van der Waals surface area contributed by atoms with Crippen LogP contribution in [-0.4, -0.2) is 18.9 Å². The number of aliphatic hydroxyl groups is 1. The third kappa shape index (κ3) is 3.04. The summed E-state index contributed by atoms with van der Waals surface area (Å²) in [4.78, 5) is 3.63. The minimum absolute atomic E-state index is 0.576. The molecule has 1 aromatic rings. The third-order valence-electron chi connectivity index (χ3n) is 0.848. The molecule has 10 heavy (non-hydrogen) atoms. The summed E-state index contributed by atoms with van der Waals surface area (Å²) < 4.78 is 4.94. The van der Waals surface area contributed by atoms with E-state index in [-0.39, 0.29) is 0 Å². The molecule has 0 fully saturated rings. The zero-order valence-corrected chi connectivity index (χ0v) is 5.95. The molecule has 0 spiro atoms. The molecule has 1 aromatic heterocycles. The average Bonchev–Trinajstić information content (AvgIpc) is 2.46. The van der Waals surface area contributed by atoms with Gasteiger partial charge in [-0.1, -0.05) is 0 Å². The Bertz CT molecular complexity index is 158. The predicted molar refractivity (Wildman–Crippen MR) is 40.1 cm³/mol. The molecule has 0 aliphatic rings. The molecule has 0 unspecified atom stereocenters. The van der Waals surface area contributed by atoms with Crippen molar-refractivity contribution in [1.29, 1.82) is 0 Å². The van der Waals surface area contributed by atoms with E-state index in [4.69, 9.17) is 9.52 Å². The van der Waals surface area contributed by atoms with E-state index >= 15 is 0 Å². The zero-order chi connectivity index (χ0) is 7.82. The number of aliphatic hydroxyl groups excluding tert-OH is 1. The van der Waals surface area contributed by atoms with Crippen LogP contribution in [0.15, 0.2) is 27.8 Å². The Morgan fingerprint density at radius 2 is 2.40 bits per heavy atom. The second kappa shape index (κ2) is 6.04. The molecular weight excluding hydrogens is 130 g/mol. The number of aliphatic imine (C=N–C) groups is 1. The van der Waals surface area contributed by atoms with Gasteiger partial charge in [0.15, 0.2) is 0 Å². The number of hydrogen-bond acceptors (Lipinski definition) is 3. The number of nitrogens with zero attached hydrogens (tertiary/aromatic N) is 1. The van der Waals surface area contributed by atoms with E-state index in [1.54, 1.807) is 6.26 Å². The zero-order valence-electron chi connectivity index (χ0n) is 5.95. The third-order valence-corrected chi connectivity index (χ3v) is 0.848. The molecule has 1 rings (SSSR count). The van der Waals surface area contributed by atoms with Crippen LogP contribution in [0, 0.1) is 0 Å². The molecule has 0 saturated heterocycles. The van der Waals surface area contributed by atoms with Gasteiger partial charge in [-0.15, -0.1) is 0 Å². The molecule has 0 atom stereocenters. The van der Waals surface area contributed by atoms with Gasteiger partial charge in [0.25, 0.3) is 0 Å². The Hall–Kier alpha value is -1.09. The molecule has 0 amide bonds. The minimum atomic E-state index is 0.576. The summed E-state index contributed by atoms with van der Waals surface area (Å²) in [6.07, 6.45) is 1.63. The summed E-state index contributed by atoms with van der Waals surface area (Å²) in [5, 5.41) is 7.00. The standard InChI is InChI=1S/C6H7NO.CH4O/c1-7-5-6-3-2-4-8-6;1-2/h2-4H,1,5H2;2H,1H3. The van der Waals surface area contributed by atoms with E-state index in [2.05, 4.69) is 11.7 Å². The molecule has 0 saturated carbocycles. The van der Waals surface area contributed by atoms with Crippen LogP contribution < -0.4 is 0 Å². The molecule has 0 bridgehead atoms. The maximum Gasteiger partial charge on any atom is 0.125 e. The lowest BCUT2D eigenvalue weighted by molar-refractivity contribution is 0.399. The van der Waals surface area contributed by atoms with Crippen molar-refractivity contribution in [3.05, 3.63) is 24.2 Å². The van der Waals surface area contributed by atoms with Crippen LogP contribution in [-0.2, 0) is 6.54 Å². The summed E-state index contributed by atoms with van der Waals surface area (Å²) in [7, 11) is 1.00. The van der Waals surface area contributed by atoms with Crippen LogP contribution >= 0.6 is 0 Å². The van der Waals surface area contributed by atoms with Crippen molar-refractivity contribution in [3.8, 4) is 0 Å². The van der Waals surface area contributed by atoms with Gasteiger partial charge in [-0.2, -0.15) is 0 Å².